The molecule has 5 rings (SSSR count). The van der Waals surface area contributed by atoms with Crippen LogP contribution in [0.15, 0.2) is 111 Å². The molecule has 0 spiro atoms. The van der Waals surface area contributed by atoms with Crippen LogP contribution in [0.3, 0.4) is 0 Å². The average molecular weight is 594 g/mol. The van der Waals surface area contributed by atoms with Crippen molar-refractivity contribution in [2.45, 2.75) is 67.2 Å². The highest BCUT2D eigenvalue weighted by molar-refractivity contribution is 6.30. The van der Waals surface area contributed by atoms with Gasteiger partial charge in [-0.1, -0.05) is 132 Å². The molecule has 226 valence electrons. The summed E-state index contributed by atoms with van der Waals surface area (Å²) in [7, 11) is 0. The van der Waals surface area contributed by atoms with Crippen LogP contribution in [0.4, 0.5) is 5.69 Å². The summed E-state index contributed by atoms with van der Waals surface area (Å²) in [6.07, 6.45) is 8.26. The van der Waals surface area contributed by atoms with Gasteiger partial charge in [0.2, 0.25) is 0 Å². The molecule has 0 bridgehead atoms. The van der Waals surface area contributed by atoms with E-state index in [1.807, 2.05) is 37.4 Å². The number of nitrogens with zero attached hydrogens (tertiary/aromatic N) is 1. The molecular formula is C39H48ClN3. The number of anilines is 1. The zero-order chi connectivity index (χ0) is 31.6. The normalized spacial score (nSPS) is 9.84. The third-order valence-electron chi connectivity index (χ3n) is 6.88. The Morgan fingerprint density at radius 3 is 2.09 bits per heavy atom. The van der Waals surface area contributed by atoms with Crippen LogP contribution < -0.4 is 5.32 Å². The third kappa shape index (κ3) is 12.0. The second kappa shape index (κ2) is 19.2. The molecule has 0 saturated heterocycles. The molecule has 1 aromatic heterocycles. The summed E-state index contributed by atoms with van der Waals surface area (Å²) in [6, 6.07) is 28.8. The molecule has 0 aliphatic carbocycles. The lowest BCUT2D eigenvalue weighted by Gasteiger charge is -2.12. The van der Waals surface area contributed by atoms with E-state index in [0.29, 0.717) is 0 Å². The first-order chi connectivity index (χ1) is 20.7. The van der Waals surface area contributed by atoms with E-state index in [-0.39, 0.29) is 0 Å². The SMILES string of the molecule is C=C(C)c1cccc2ccccc12.C=C(Nc1ccc(CC)c(C)c1)c1cccc(Cl)c1.CCCC.CCc1cnc[nH]1. The number of rotatable bonds is 7. The summed E-state index contributed by atoms with van der Waals surface area (Å²) in [5.41, 5.74) is 9.15. The van der Waals surface area contributed by atoms with Crippen molar-refractivity contribution in [1.82, 2.24) is 9.97 Å². The van der Waals surface area contributed by atoms with E-state index >= 15 is 0 Å². The van der Waals surface area contributed by atoms with E-state index in [0.717, 1.165) is 40.4 Å². The molecule has 4 heteroatoms. The van der Waals surface area contributed by atoms with Crippen molar-refractivity contribution in [3.63, 3.8) is 0 Å². The topological polar surface area (TPSA) is 40.7 Å². The molecule has 2 N–H and O–H groups in total. The van der Waals surface area contributed by atoms with Crippen LogP contribution in [0.5, 0.6) is 0 Å². The van der Waals surface area contributed by atoms with Gasteiger partial charge in [0.25, 0.3) is 0 Å². The average Bonchev–Trinajstić information content (AvgIpc) is 3.56. The van der Waals surface area contributed by atoms with Crippen LogP contribution in [0, 0.1) is 6.92 Å². The first-order valence-corrected chi connectivity index (χ1v) is 15.5. The first-order valence-electron chi connectivity index (χ1n) is 15.2. The summed E-state index contributed by atoms with van der Waals surface area (Å²) in [5.74, 6) is 0. The monoisotopic (exact) mass is 593 g/mol. The molecule has 0 aliphatic rings. The fourth-order valence-electron chi connectivity index (χ4n) is 4.17. The predicted octanol–water partition coefficient (Wildman–Crippen LogP) is 11.9. The lowest BCUT2D eigenvalue weighted by Crippen LogP contribution is -1.98. The standard InChI is InChI=1S/C17H18ClN.C13H12.C5H8N2.C4H10/c1-4-14-8-9-17(10-12(14)2)19-13(3)15-6-5-7-16(18)11-15;1-10(2)12-9-5-7-11-6-3-4-8-13(11)12;1-2-5-3-6-4-7-5;1-3-4-2/h5-11,19H,3-4H2,1-2H3;3-9H,1H2,2H3;3-4H,2H2,1H3,(H,6,7);3-4H2,1-2H3. The van der Waals surface area contributed by atoms with E-state index in [2.05, 4.69) is 124 Å². The lowest BCUT2D eigenvalue weighted by atomic mass is 10.0. The van der Waals surface area contributed by atoms with Gasteiger partial charge in [-0.15, -0.1) is 0 Å². The Morgan fingerprint density at radius 1 is 0.837 bits per heavy atom. The number of hydrogen-bond donors (Lipinski definition) is 2. The number of H-pyrrole nitrogens is 1. The molecule has 0 atom stereocenters. The molecule has 4 aromatic carbocycles. The minimum atomic E-state index is 0.720. The number of hydrogen-bond acceptors (Lipinski definition) is 2. The molecule has 0 fully saturated rings. The molecule has 0 radical (unpaired) electrons. The number of imidazole rings is 1. The number of allylic oxidation sites excluding steroid dienone is 1. The van der Waals surface area contributed by atoms with Crippen LogP contribution in [0.25, 0.3) is 22.0 Å². The van der Waals surface area contributed by atoms with Crippen LogP contribution in [0.1, 0.15) is 75.4 Å². The van der Waals surface area contributed by atoms with Gasteiger partial charge in [-0.05, 0) is 84.0 Å². The highest BCUT2D eigenvalue weighted by Gasteiger charge is 2.03. The van der Waals surface area contributed by atoms with Gasteiger partial charge in [0.15, 0.2) is 0 Å². The van der Waals surface area contributed by atoms with Gasteiger partial charge in [-0.2, -0.15) is 0 Å². The minimum Gasteiger partial charge on any atom is -0.356 e. The maximum atomic E-state index is 5.99. The van der Waals surface area contributed by atoms with Crippen LogP contribution in [-0.4, -0.2) is 9.97 Å². The second-order valence-corrected chi connectivity index (χ2v) is 10.8. The first kappa shape index (κ1) is 35.1. The molecule has 0 saturated carbocycles. The van der Waals surface area contributed by atoms with E-state index in [1.54, 1.807) is 6.33 Å². The van der Waals surface area contributed by atoms with Crippen molar-refractivity contribution >= 4 is 39.3 Å². The van der Waals surface area contributed by atoms with Crippen molar-refractivity contribution in [2.75, 3.05) is 5.32 Å². The lowest BCUT2D eigenvalue weighted by molar-refractivity contribution is 0.886. The van der Waals surface area contributed by atoms with Gasteiger partial charge in [0.1, 0.15) is 0 Å². The smallest absolute Gasteiger partial charge is 0.0921 e. The summed E-state index contributed by atoms with van der Waals surface area (Å²) in [4.78, 5) is 6.81. The van der Waals surface area contributed by atoms with Gasteiger partial charge in [-0.3, -0.25) is 0 Å². The molecule has 0 amide bonds. The zero-order valence-corrected chi connectivity index (χ0v) is 27.6. The molecule has 5 aromatic rings. The number of aryl methyl sites for hydroxylation is 3. The Hall–Kier alpha value is -4.08. The number of unbranched alkanes of at least 4 members (excludes halogenated alkanes) is 1. The van der Waals surface area contributed by atoms with Crippen molar-refractivity contribution < 1.29 is 0 Å². The Morgan fingerprint density at radius 2 is 1.53 bits per heavy atom. The maximum Gasteiger partial charge on any atom is 0.0921 e. The van der Waals surface area contributed by atoms with Gasteiger partial charge < -0.3 is 10.3 Å². The number of aromatic nitrogens is 2. The zero-order valence-electron chi connectivity index (χ0n) is 26.8. The van der Waals surface area contributed by atoms with Crippen LogP contribution >= 0.6 is 11.6 Å². The number of fused-ring (bicyclic) bond motifs is 1. The van der Waals surface area contributed by atoms with Gasteiger partial charge >= 0.3 is 0 Å². The summed E-state index contributed by atoms with van der Waals surface area (Å²) in [6.45, 7) is 20.8. The molecule has 3 nitrogen and oxygen atoms in total. The van der Waals surface area contributed by atoms with Crippen molar-refractivity contribution in [3.8, 4) is 0 Å². The summed E-state index contributed by atoms with van der Waals surface area (Å²) >= 11 is 5.99. The molecule has 0 aliphatic heterocycles. The van der Waals surface area contributed by atoms with E-state index in [9.17, 15) is 0 Å². The highest BCUT2D eigenvalue weighted by Crippen LogP contribution is 2.24. The maximum absolute atomic E-state index is 5.99. The van der Waals surface area contributed by atoms with Crippen molar-refractivity contribution in [1.29, 1.82) is 0 Å². The van der Waals surface area contributed by atoms with Crippen molar-refractivity contribution in [3.05, 3.63) is 144 Å². The number of nitrogens with one attached hydrogen (secondary N) is 2. The Balaban J connectivity index is 0.000000230. The molecular weight excluding hydrogens is 546 g/mol. The van der Waals surface area contributed by atoms with E-state index in [1.165, 1.54) is 46.0 Å². The third-order valence-corrected chi connectivity index (χ3v) is 7.11. The molecule has 1 heterocycles. The number of benzene rings is 4. The number of aromatic amines is 1. The summed E-state index contributed by atoms with van der Waals surface area (Å²) < 4.78 is 0. The predicted molar refractivity (Wildman–Crippen MR) is 192 cm³/mol. The van der Waals surface area contributed by atoms with Gasteiger partial charge in [0, 0.05) is 28.3 Å². The highest BCUT2D eigenvalue weighted by atomic mass is 35.5. The molecule has 43 heavy (non-hydrogen) atoms. The fraction of sp³-hybridized carbons (Fsp3) is 0.256. The summed E-state index contributed by atoms with van der Waals surface area (Å²) in [5, 5.41) is 6.61. The van der Waals surface area contributed by atoms with Crippen molar-refractivity contribution in [2.24, 2.45) is 0 Å². The van der Waals surface area contributed by atoms with Crippen LogP contribution in [0.2, 0.25) is 5.02 Å². The van der Waals surface area contributed by atoms with E-state index < -0.39 is 0 Å². The Bertz CT molecular complexity index is 1540. The quantitative estimate of drug-likeness (QED) is 0.197. The Kier molecular flexibility index (Phi) is 15.7. The second-order valence-electron chi connectivity index (χ2n) is 10.3. The van der Waals surface area contributed by atoms with Gasteiger partial charge in [-0.25, -0.2) is 4.98 Å². The fourth-order valence-corrected chi connectivity index (χ4v) is 4.36. The largest absolute Gasteiger partial charge is 0.356 e. The number of halogens is 1. The Labute approximate surface area is 264 Å². The van der Waals surface area contributed by atoms with E-state index in [4.69, 9.17) is 11.6 Å². The van der Waals surface area contributed by atoms with Gasteiger partial charge in [0.05, 0.1) is 6.33 Å². The van der Waals surface area contributed by atoms with Crippen LogP contribution in [-0.2, 0) is 12.8 Å². The molecule has 0 unspecified atom stereocenters. The minimum absolute atomic E-state index is 0.720.